The second kappa shape index (κ2) is 6.06. The van der Waals surface area contributed by atoms with Crippen molar-refractivity contribution in [2.45, 2.75) is 6.42 Å². The topological polar surface area (TPSA) is 74.9 Å². The van der Waals surface area contributed by atoms with Crippen LogP contribution in [0.25, 0.3) is 0 Å². The Bertz CT molecular complexity index is 721. The van der Waals surface area contributed by atoms with Crippen molar-refractivity contribution < 1.29 is 9.59 Å². The molecule has 1 heterocycles. The molecular formula is C16H15N3O2. The van der Waals surface area contributed by atoms with Gasteiger partial charge in [0.05, 0.1) is 23.7 Å². The molecule has 1 aromatic heterocycles. The minimum Gasteiger partial charge on any atom is -0.359 e. The second-order valence-electron chi connectivity index (χ2n) is 4.64. The molecule has 0 radical (unpaired) electrons. The van der Waals surface area contributed by atoms with Crippen molar-refractivity contribution in [1.82, 2.24) is 9.88 Å². The van der Waals surface area contributed by atoms with E-state index in [1.807, 2.05) is 6.07 Å². The lowest BCUT2D eigenvalue weighted by atomic mass is 10.1. The highest BCUT2D eigenvalue weighted by Crippen LogP contribution is 2.14. The summed E-state index contributed by atoms with van der Waals surface area (Å²) in [7, 11) is 3.34. The number of nitrogens with zero attached hydrogens (tertiary/aromatic N) is 2. The monoisotopic (exact) mass is 281 g/mol. The largest absolute Gasteiger partial charge is 0.359 e. The molecule has 2 aromatic rings. The molecule has 0 bridgehead atoms. The zero-order valence-electron chi connectivity index (χ0n) is 11.9. The number of ketones is 1. The van der Waals surface area contributed by atoms with Crippen LogP contribution in [0, 0.1) is 11.3 Å². The Morgan fingerprint density at radius 1 is 1.19 bits per heavy atom. The van der Waals surface area contributed by atoms with Gasteiger partial charge in [0.25, 0.3) is 0 Å². The quantitative estimate of drug-likeness (QED) is 0.861. The van der Waals surface area contributed by atoms with Crippen LogP contribution in [-0.2, 0) is 18.3 Å². The summed E-state index contributed by atoms with van der Waals surface area (Å²) >= 11 is 0. The van der Waals surface area contributed by atoms with Crippen molar-refractivity contribution >= 4 is 11.7 Å². The van der Waals surface area contributed by atoms with Gasteiger partial charge in [-0.25, -0.2) is 0 Å². The molecule has 5 nitrogen and oxygen atoms in total. The number of hydrogen-bond acceptors (Lipinski definition) is 3. The van der Waals surface area contributed by atoms with E-state index in [2.05, 4.69) is 5.32 Å². The Morgan fingerprint density at radius 3 is 2.43 bits per heavy atom. The van der Waals surface area contributed by atoms with E-state index in [4.69, 9.17) is 5.26 Å². The molecule has 0 aliphatic heterocycles. The van der Waals surface area contributed by atoms with Crippen molar-refractivity contribution in [1.29, 1.82) is 5.26 Å². The Kier molecular flexibility index (Phi) is 4.19. The highest BCUT2D eigenvalue weighted by Gasteiger charge is 2.15. The number of hydrogen-bond donors (Lipinski definition) is 1. The molecule has 0 fully saturated rings. The maximum absolute atomic E-state index is 12.4. The molecule has 0 saturated heterocycles. The minimum atomic E-state index is -0.134. The Hall–Kier alpha value is -2.87. The number of rotatable bonds is 4. The van der Waals surface area contributed by atoms with Crippen molar-refractivity contribution in [3.63, 3.8) is 0 Å². The second-order valence-corrected chi connectivity index (χ2v) is 4.64. The van der Waals surface area contributed by atoms with Gasteiger partial charge in [0, 0.05) is 25.4 Å². The van der Waals surface area contributed by atoms with Gasteiger partial charge in [0.15, 0.2) is 0 Å². The third-order valence-corrected chi connectivity index (χ3v) is 3.36. The lowest BCUT2D eigenvalue weighted by Gasteiger charge is -2.07. The van der Waals surface area contributed by atoms with Crippen molar-refractivity contribution in [3.8, 4) is 6.07 Å². The van der Waals surface area contributed by atoms with E-state index in [-0.39, 0.29) is 18.1 Å². The number of carbonyl (C=O) groups is 2. The summed E-state index contributed by atoms with van der Waals surface area (Å²) in [5, 5.41) is 11.3. The van der Waals surface area contributed by atoms with Gasteiger partial charge in [-0.2, -0.15) is 5.26 Å². The Balaban J connectivity index is 2.27. The van der Waals surface area contributed by atoms with Gasteiger partial charge < -0.3 is 9.88 Å². The summed E-state index contributed by atoms with van der Waals surface area (Å²) in [5.41, 5.74) is 2.31. The zero-order chi connectivity index (χ0) is 15.4. The van der Waals surface area contributed by atoms with E-state index >= 15 is 0 Å². The van der Waals surface area contributed by atoms with Crippen molar-refractivity contribution in [2.24, 2.45) is 7.05 Å². The number of likely N-dealkylation sites (N-methyl/N-ethyl adjacent to an activating group) is 1. The van der Waals surface area contributed by atoms with E-state index in [1.54, 1.807) is 55.1 Å². The molecule has 1 N–H and O–H groups in total. The molecule has 0 aliphatic rings. The van der Waals surface area contributed by atoms with Crippen LogP contribution < -0.4 is 5.32 Å². The molecule has 0 saturated carbocycles. The Morgan fingerprint density at radius 2 is 1.86 bits per heavy atom. The van der Waals surface area contributed by atoms with Crippen LogP contribution in [0.3, 0.4) is 0 Å². The first-order valence-electron chi connectivity index (χ1n) is 6.47. The molecule has 0 aliphatic carbocycles. The highest BCUT2D eigenvalue weighted by molar-refractivity contribution is 6.08. The number of nitrogens with one attached hydrogen (secondary N) is 1. The summed E-state index contributed by atoms with van der Waals surface area (Å²) in [6.45, 7) is 0. The van der Waals surface area contributed by atoms with Crippen LogP contribution in [0.4, 0.5) is 0 Å². The summed E-state index contributed by atoms with van der Waals surface area (Å²) < 4.78 is 1.72. The minimum absolute atomic E-state index is 0.103. The fourth-order valence-corrected chi connectivity index (χ4v) is 2.06. The lowest BCUT2D eigenvalue weighted by molar-refractivity contribution is -0.120. The van der Waals surface area contributed by atoms with Crippen LogP contribution in [-0.4, -0.2) is 23.3 Å². The first kappa shape index (κ1) is 14.5. The molecule has 2 rings (SSSR count). The predicted octanol–water partition coefficient (Wildman–Crippen LogP) is 1.42. The SMILES string of the molecule is CNC(=O)Cc1ccc(C(=O)c2ccc(C#N)cc2)n1C. The van der Waals surface area contributed by atoms with Gasteiger partial charge >= 0.3 is 0 Å². The van der Waals surface area contributed by atoms with Gasteiger partial charge in [0.1, 0.15) is 0 Å². The number of aromatic nitrogens is 1. The van der Waals surface area contributed by atoms with E-state index in [1.165, 1.54) is 0 Å². The van der Waals surface area contributed by atoms with E-state index < -0.39 is 0 Å². The van der Waals surface area contributed by atoms with Gasteiger partial charge in [-0.1, -0.05) is 0 Å². The smallest absolute Gasteiger partial charge is 0.225 e. The number of nitriles is 1. The first-order chi connectivity index (χ1) is 10.1. The summed E-state index contributed by atoms with van der Waals surface area (Å²) in [6, 6.07) is 12.0. The van der Waals surface area contributed by atoms with Crippen molar-refractivity contribution in [2.75, 3.05) is 7.05 Å². The zero-order valence-corrected chi connectivity index (χ0v) is 11.9. The molecule has 0 spiro atoms. The molecule has 5 heteroatoms. The van der Waals surface area contributed by atoms with E-state index in [0.717, 1.165) is 5.69 Å². The van der Waals surface area contributed by atoms with Gasteiger partial charge in [0.2, 0.25) is 11.7 Å². The fourth-order valence-electron chi connectivity index (χ4n) is 2.06. The van der Waals surface area contributed by atoms with Crippen LogP contribution in [0.5, 0.6) is 0 Å². The fraction of sp³-hybridized carbons (Fsp3) is 0.188. The third-order valence-electron chi connectivity index (χ3n) is 3.36. The Labute approximate surface area is 122 Å². The summed E-state index contributed by atoms with van der Waals surface area (Å²) in [6.07, 6.45) is 0.230. The standard InChI is InChI=1S/C16H15N3O2/c1-18-15(20)9-13-7-8-14(19(13)2)16(21)12-5-3-11(10-17)4-6-12/h3-8H,9H2,1-2H3,(H,18,20). The third kappa shape index (κ3) is 3.00. The first-order valence-corrected chi connectivity index (χ1v) is 6.47. The maximum atomic E-state index is 12.4. The molecule has 0 unspecified atom stereocenters. The van der Waals surface area contributed by atoms with Crippen LogP contribution in [0.1, 0.15) is 27.3 Å². The molecule has 1 aromatic carbocycles. The number of benzene rings is 1. The number of carbonyl (C=O) groups excluding carboxylic acids is 2. The summed E-state index contributed by atoms with van der Waals surface area (Å²) in [5.74, 6) is -0.237. The molecule has 0 atom stereocenters. The van der Waals surface area contributed by atoms with Gasteiger partial charge in [-0.15, -0.1) is 0 Å². The molecule has 106 valence electrons. The number of amides is 1. The normalized spacial score (nSPS) is 9.95. The molecule has 21 heavy (non-hydrogen) atoms. The van der Waals surface area contributed by atoms with Crippen molar-refractivity contribution in [3.05, 3.63) is 58.9 Å². The lowest BCUT2D eigenvalue weighted by Crippen LogP contribution is -2.21. The molecule has 1 amide bonds. The van der Waals surface area contributed by atoms with Crippen LogP contribution >= 0.6 is 0 Å². The van der Waals surface area contributed by atoms with Crippen LogP contribution in [0.15, 0.2) is 36.4 Å². The summed E-state index contributed by atoms with van der Waals surface area (Å²) in [4.78, 5) is 23.8. The average molecular weight is 281 g/mol. The highest BCUT2D eigenvalue weighted by atomic mass is 16.1. The van der Waals surface area contributed by atoms with E-state index in [0.29, 0.717) is 16.8 Å². The van der Waals surface area contributed by atoms with Crippen LogP contribution in [0.2, 0.25) is 0 Å². The van der Waals surface area contributed by atoms with E-state index in [9.17, 15) is 9.59 Å². The van der Waals surface area contributed by atoms with Gasteiger partial charge in [-0.05, 0) is 36.4 Å². The maximum Gasteiger partial charge on any atom is 0.225 e. The molecular weight excluding hydrogens is 266 g/mol. The predicted molar refractivity (Wildman–Crippen MR) is 77.8 cm³/mol. The van der Waals surface area contributed by atoms with Gasteiger partial charge in [-0.3, -0.25) is 9.59 Å². The average Bonchev–Trinajstić information content (AvgIpc) is 2.87.